The standard InChI is InChI=1S/C17H33N5O3S/c1-16(2,3)13(12-21-8-6-10-26(21)25)20-15(24)19-11-14(23)22-9-5-7-17(22,4)18/h13H,5-12,18H2,1-4H3,(H2,19,20,24)/t13?,17-,26?/m0/s1. The van der Waals surface area contributed by atoms with Crippen LogP contribution in [0.3, 0.4) is 0 Å². The smallest absolute Gasteiger partial charge is 0.315 e. The van der Waals surface area contributed by atoms with Gasteiger partial charge in [0.25, 0.3) is 0 Å². The number of nitrogens with one attached hydrogen (secondary N) is 2. The van der Waals surface area contributed by atoms with Crippen molar-refractivity contribution in [3.63, 3.8) is 0 Å². The minimum absolute atomic E-state index is 0.0782. The summed E-state index contributed by atoms with van der Waals surface area (Å²) in [6.07, 6.45) is 2.56. The Bertz CT molecular complexity index is 561. The van der Waals surface area contributed by atoms with E-state index in [0.29, 0.717) is 18.8 Å². The highest BCUT2D eigenvalue weighted by molar-refractivity contribution is 7.82. The van der Waals surface area contributed by atoms with E-state index in [1.165, 1.54) is 0 Å². The molecule has 9 heteroatoms. The van der Waals surface area contributed by atoms with E-state index in [4.69, 9.17) is 5.73 Å². The lowest BCUT2D eigenvalue weighted by Gasteiger charge is -2.34. The zero-order valence-corrected chi connectivity index (χ0v) is 17.2. The molecule has 26 heavy (non-hydrogen) atoms. The lowest BCUT2D eigenvalue weighted by atomic mass is 9.86. The number of carbonyl (C=O) groups is 2. The monoisotopic (exact) mass is 387 g/mol. The van der Waals surface area contributed by atoms with Crippen molar-refractivity contribution in [1.29, 1.82) is 0 Å². The van der Waals surface area contributed by atoms with Crippen molar-refractivity contribution in [3.05, 3.63) is 0 Å². The molecule has 2 aliphatic heterocycles. The number of amides is 3. The molecule has 2 rings (SSSR count). The highest BCUT2D eigenvalue weighted by atomic mass is 32.2. The minimum atomic E-state index is -0.965. The Kier molecular flexibility index (Phi) is 6.68. The second-order valence-electron chi connectivity index (χ2n) is 8.52. The lowest BCUT2D eigenvalue weighted by molar-refractivity contribution is -0.133. The summed E-state index contributed by atoms with van der Waals surface area (Å²) < 4.78 is 13.9. The number of carbonyl (C=O) groups excluding carboxylic acids is 2. The Morgan fingerprint density at radius 2 is 1.96 bits per heavy atom. The SMILES string of the molecule is CC(C)(C)C(CN1CCCS1=O)NC(=O)NCC(=O)N1CCC[C@@]1(C)N. The fourth-order valence-corrected chi connectivity index (χ4v) is 4.65. The molecule has 2 aliphatic rings. The van der Waals surface area contributed by atoms with E-state index in [1.807, 2.05) is 32.0 Å². The summed E-state index contributed by atoms with van der Waals surface area (Å²) in [4.78, 5) is 26.3. The average molecular weight is 388 g/mol. The van der Waals surface area contributed by atoms with E-state index in [1.54, 1.807) is 4.90 Å². The largest absolute Gasteiger partial charge is 0.334 e. The predicted octanol–water partition coefficient (Wildman–Crippen LogP) is 0.367. The van der Waals surface area contributed by atoms with Crippen molar-refractivity contribution in [1.82, 2.24) is 19.8 Å². The third-order valence-electron chi connectivity index (χ3n) is 5.13. The number of rotatable bonds is 5. The molecule has 3 amide bonds. The molecule has 0 aromatic rings. The van der Waals surface area contributed by atoms with Crippen LogP contribution in [0.2, 0.25) is 0 Å². The predicted molar refractivity (Wildman–Crippen MR) is 103 cm³/mol. The zero-order chi connectivity index (χ0) is 19.5. The van der Waals surface area contributed by atoms with Crippen molar-refractivity contribution in [2.75, 3.05) is 31.9 Å². The molecule has 2 fully saturated rings. The van der Waals surface area contributed by atoms with Crippen molar-refractivity contribution in [2.24, 2.45) is 11.1 Å². The number of hydrogen-bond donors (Lipinski definition) is 3. The van der Waals surface area contributed by atoms with Crippen LogP contribution in [-0.4, -0.2) is 69.0 Å². The number of urea groups is 1. The first-order valence-corrected chi connectivity index (χ1v) is 10.6. The van der Waals surface area contributed by atoms with Crippen LogP contribution >= 0.6 is 0 Å². The molecular formula is C17H33N5O3S. The molecule has 0 aliphatic carbocycles. The normalized spacial score (nSPS) is 28.2. The quantitative estimate of drug-likeness (QED) is 0.633. The third kappa shape index (κ3) is 5.40. The number of likely N-dealkylation sites (tertiary alicyclic amines) is 1. The summed E-state index contributed by atoms with van der Waals surface area (Å²) in [5.41, 5.74) is 5.28. The van der Waals surface area contributed by atoms with Crippen LogP contribution in [0.5, 0.6) is 0 Å². The molecule has 2 saturated heterocycles. The van der Waals surface area contributed by atoms with Gasteiger partial charge in [-0.2, -0.15) is 0 Å². The fraction of sp³-hybridized carbons (Fsp3) is 0.882. The number of nitrogens with zero attached hydrogens (tertiary/aromatic N) is 2. The first kappa shape index (κ1) is 21.1. The van der Waals surface area contributed by atoms with Gasteiger partial charge >= 0.3 is 6.03 Å². The van der Waals surface area contributed by atoms with Gasteiger partial charge in [-0.15, -0.1) is 0 Å². The summed E-state index contributed by atoms with van der Waals surface area (Å²) in [6, 6.07) is -0.563. The second kappa shape index (κ2) is 8.22. The molecule has 8 nitrogen and oxygen atoms in total. The maximum absolute atomic E-state index is 12.3. The van der Waals surface area contributed by atoms with E-state index in [-0.39, 0.29) is 29.9 Å². The van der Waals surface area contributed by atoms with Gasteiger partial charge in [-0.3, -0.25) is 4.79 Å². The van der Waals surface area contributed by atoms with Crippen molar-refractivity contribution in [3.8, 4) is 0 Å². The van der Waals surface area contributed by atoms with Crippen LogP contribution in [0, 0.1) is 5.41 Å². The summed E-state index contributed by atoms with van der Waals surface area (Å²) in [5, 5.41) is 5.59. The number of nitrogens with two attached hydrogens (primary N) is 1. The van der Waals surface area contributed by atoms with E-state index in [2.05, 4.69) is 10.6 Å². The van der Waals surface area contributed by atoms with Gasteiger partial charge in [-0.05, 0) is 31.6 Å². The Morgan fingerprint density at radius 1 is 1.27 bits per heavy atom. The van der Waals surface area contributed by atoms with Crippen molar-refractivity contribution in [2.45, 2.75) is 58.7 Å². The van der Waals surface area contributed by atoms with Gasteiger partial charge < -0.3 is 21.3 Å². The molecule has 3 atom stereocenters. The first-order chi connectivity index (χ1) is 12.0. The highest BCUT2D eigenvalue weighted by Gasteiger charge is 2.36. The molecule has 4 N–H and O–H groups in total. The van der Waals surface area contributed by atoms with Crippen LogP contribution in [-0.2, 0) is 15.8 Å². The molecule has 2 unspecified atom stereocenters. The van der Waals surface area contributed by atoms with Gasteiger partial charge in [-0.25, -0.2) is 13.3 Å². The topological polar surface area (TPSA) is 108 Å². The highest BCUT2D eigenvalue weighted by Crippen LogP contribution is 2.24. The molecule has 0 saturated carbocycles. The molecular weight excluding hydrogens is 354 g/mol. The zero-order valence-electron chi connectivity index (χ0n) is 16.3. The van der Waals surface area contributed by atoms with E-state index < -0.39 is 16.6 Å². The molecule has 150 valence electrons. The number of hydrogen-bond acceptors (Lipinski definition) is 4. The van der Waals surface area contributed by atoms with Crippen molar-refractivity contribution < 1.29 is 13.8 Å². The van der Waals surface area contributed by atoms with Crippen LogP contribution in [0.1, 0.15) is 47.0 Å². The fourth-order valence-electron chi connectivity index (χ4n) is 3.36. The second-order valence-corrected chi connectivity index (χ2v) is 10.1. The van der Waals surface area contributed by atoms with Crippen LogP contribution in [0.15, 0.2) is 0 Å². The molecule has 0 radical (unpaired) electrons. The van der Waals surface area contributed by atoms with E-state index >= 15 is 0 Å². The Balaban J connectivity index is 1.86. The molecule has 2 heterocycles. The first-order valence-electron chi connectivity index (χ1n) is 9.28. The third-order valence-corrected chi connectivity index (χ3v) is 6.68. The molecule has 0 bridgehead atoms. The van der Waals surface area contributed by atoms with Gasteiger partial charge in [0, 0.05) is 31.4 Å². The molecule has 0 aromatic carbocycles. The minimum Gasteiger partial charge on any atom is -0.334 e. The summed E-state index contributed by atoms with van der Waals surface area (Å²) in [5.74, 6) is 0.515. The molecule has 0 spiro atoms. The Hall–Kier alpha value is -1.19. The van der Waals surface area contributed by atoms with Gasteiger partial charge in [-0.1, -0.05) is 20.8 Å². The Labute approximate surface area is 158 Å². The van der Waals surface area contributed by atoms with Crippen LogP contribution < -0.4 is 16.4 Å². The maximum Gasteiger partial charge on any atom is 0.315 e. The summed E-state index contributed by atoms with van der Waals surface area (Å²) in [6.45, 7) is 9.80. The van der Waals surface area contributed by atoms with Gasteiger partial charge in [0.1, 0.15) is 0 Å². The maximum atomic E-state index is 12.3. The lowest BCUT2D eigenvalue weighted by Crippen LogP contribution is -2.56. The van der Waals surface area contributed by atoms with Crippen LogP contribution in [0.25, 0.3) is 0 Å². The van der Waals surface area contributed by atoms with Crippen molar-refractivity contribution >= 4 is 22.9 Å². The van der Waals surface area contributed by atoms with Gasteiger partial charge in [0.05, 0.1) is 23.2 Å². The van der Waals surface area contributed by atoms with Gasteiger partial charge in [0.15, 0.2) is 0 Å². The van der Waals surface area contributed by atoms with Crippen LogP contribution in [0.4, 0.5) is 4.79 Å². The Morgan fingerprint density at radius 3 is 2.46 bits per heavy atom. The molecule has 0 aromatic heterocycles. The van der Waals surface area contributed by atoms with E-state index in [9.17, 15) is 13.8 Å². The summed E-state index contributed by atoms with van der Waals surface area (Å²) >= 11 is 0. The van der Waals surface area contributed by atoms with Gasteiger partial charge in [0.2, 0.25) is 5.91 Å². The van der Waals surface area contributed by atoms with E-state index in [0.717, 1.165) is 25.8 Å². The average Bonchev–Trinajstić information content (AvgIpc) is 3.08. The summed E-state index contributed by atoms with van der Waals surface area (Å²) in [7, 11) is -0.965.